The second-order valence-corrected chi connectivity index (χ2v) is 7.08. The van der Waals surface area contributed by atoms with E-state index < -0.39 is 10.0 Å². The highest BCUT2D eigenvalue weighted by Gasteiger charge is 2.23. The van der Waals surface area contributed by atoms with Crippen LogP contribution in [0.2, 0.25) is 0 Å². The van der Waals surface area contributed by atoms with Crippen LogP contribution in [0, 0.1) is 13.8 Å². The molecule has 0 unspecified atom stereocenters. The first-order valence-electron chi connectivity index (χ1n) is 6.65. The molecule has 0 saturated carbocycles. The number of nitrogens with zero attached hydrogens (tertiary/aromatic N) is 1. The van der Waals surface area contributed by atoms with Crippen LogP contribution in [0.4, 0.5) is 0 Å². The summed E-state index contributed by atoms with van der Waals surface area (Å²) < 4.78 is 31.8. The van der Waals surface area contributed by atoms with Crippen LogP contribution in [0.1, 0.15) is 22.5 Å². The first-order chi connectivity index (χ1) is 9.86. The number of sulfonamides is 1. The lowest BCUT2D eigenvalue weighted by Gasteiger charge is -2.18. The van der Waals surface area contributed by atoms with Crippen molar-refractivity contribution in [1.29, 1.82) is 0 Å². The second-order valence-electron chi connectivity index (χ2n) is 5.07. The van der Waals surface area contributed by atoms with Crippen molar-refractivity contribution in [1.82, 2.24) is 4.31 Å². The summed E-state index contributed by atoms with van der Waals surface area (Å²) in [4.78, 5) is 0.309. The van der Waals surface area contributed by atoms with Crippen LogP contribution < -0.4 is 5.73 Å². The molecule has 0 aliphatic rings. The Morgan fingerprint density at radius 1 is 1.24 bits per heavy atom. The molecule has 21 heavy (non-hydrogen) atoms. The fraction of sp³-hybridized carbons (Fsp3) is 0.333. The van der Waals surface area contributed by atoms with Gasteiger partial charge in [-0.05, 0) is 37.1 Å². The van der Waals surface area contributed by atoms with E-state index in [1.807, 2.05) is 13.0 Å². The van der Waals surface area contributed by atoms with E-state index in [2.05, 4.69) is 0 Å². The van der Waals surface area contributed by atoms with Crippen molar-refractivity contribution in [2.75, 3.05) is 7.05 Å². The highest BCUT2D eigenvalue weighted by atomic mass is 32.2. The molecule has 0 spiro atoms. The quantitative estimate of drug-likeness (QED) is 0.918. The van der Waals surface area contributed by atoms with E-state index in [1.54, 1.807) is 38.4 Å². The van der Waals surface area contributed by atoms with Crippen LogP contribution in [0.15, 0.2) is 39.8 Å². The van der Waals surface area contributed by atoms with Gasteiger partial charge in [-0.2, -0.15) is 4.31 Å². The maximum atomic E-state index is 12.7. The highest BCUT2D eigenvalue weighted by Crippen LogP contribution is 2.22. The van der Waals surface area contributed by atoms with E-state index in [9.17, 15) is 8.42 Å². The molecule has 114 valence electrons. The van der Waals surface area contributed by atoms with E-state index in [4.69, 9.17) is 10.2 Å². The average Bonchev–Trinajstić information content (AvgIpc) is 2.83. The van der Waals surface area contributed by atoms with Gasteiger partial charge in [0.2, 0.25) is 10.0 Å². The number of nitrogens with two attached hydrogens (primary N) is 1. The van der Waals surface area contributed by atoms with Crippen LogP contribution in [-0.4, -0.2) is 19.8 Å². The highest BCUT2D eigenvalue weighted by molar-refractivity contribution is 7.89. The van der Waals surface area contributed by atoms with Gasteiger partial charge < -0.3 is 10.2 Å². The lowest BCUT2D eigenvalue weighted by Crippen LogP contribution is -2.27. The molecule has 1 aromatic carbocycles. The molecule has 0 atom stereocenters. The number of rotatable bonds is 5. The second kappa shape index (κ2) is 6.01. The van der Waals surface area contributed by atoms with Crippen molar-refractivity contribution in [3.63, 3.8) is 0 Å². The molecule has 0 fully saturated rings. The molecular formula is C15H20N2O3S. The molecule has 1 aromatic heterocycles. The molecule has 2 aromatic rings. The zero-order valence-electron chi connectivity index (χ0n) is 12.5. The van der Waals surface area contributed by atoms with Crippen molar-refractivity contribution in [3.8, 4) is 0 Å². The fourth-order valence-corrected chi connectivity index (χ4v) is 3.55. The first-order valence-corrected chi connectivity index (χ1v) is 8.09. The molecule has 0 aliphatic carbocycles. The first kappa shape index (κ1) is 15.8. The SMILES string of the molecule is Cc1cc(CN)ccc1S(=O)(=O)N(C)Cc1ccoc1C. The maximum Gasteiger partial charge on any atom is 0.243 e. The number of aryl methyl sites for hydroxylation is 2. The Labute approximate surface area is 125 Å². The van der Waals surface area contributed by atoms with Crippen molar-refractivity contribution in [2.24, 2.45) is 5.73 Å². The van der Waals surface area contributed by atoms with Gasteiger partial charge in [-0.25, -0.2) is 8.42 Å². The van der Waals surface area contributed by atoms with Crippen molar-refractivity contribution < 1.29 is 12.8 Å². The lowest BCUT2D eigenvalue weighted by molar-refractivity contribution is 0.458. The van der Waals surface area contributed by atoms with Gasteiger partial charge in [0.25, 0.3) is 0 Å². The predicted octanol–water partition coefficient (Wildman–Crippen LogP) is 2.18. The van der Waals surface area contributed by atoms with Gasteiger partial charge in [0.15, 0.2) is 0 Å². The average molecular weight is 308 g/mol. The number of hydrogen-bond acceptors (Lipinski definition) is 4. The molecule has 0 amide bonds. The Kier molecular flexibility index (Phi) is 4.51. The third kappa shape index (κ3) is 3.18. The minimum atomic E-state index is -3.54. The Morgan fingerprint density at radius 2 is 1.95 bits per heavy atom. The Hall–Kier alpha value is -1.63. The van der Waals surface area contributed by atoms with Gasteiger partial charge in [0, 0.05) is 25.7 Å². The number of furan rings is 1. The van der Waals surface area contributed by atoms with E-state index in [-0.39, 0.29) is 6.54 Å². The van der Waals surface area contributed by atoms with Gasteiger partial charge in [0.05, 0.1) is 11.2 Å². The Balaban J connectivity index is 2.31. The summed E-state index contributed by atoms with van der Waals surface area (Å²) >= 11 is 0. The Morgan fingerprint density at radius 3 is 2.48 bits per heavy atom. The zero-order chi connectivity index (χ0) is 15.6. The molecule has 0 radical (unpaired) electrons. The van der Waals surface area contributed by atoms with E-state index >= 15 is 0 Å². The summed E-state index contributed by atoms with van der Waals surface area (Å²) in [5, 5.41) is 0. The van der Waals surface area contributed by atoms with Crippen LogP contribution in [0.5, 0.6) is 0 Å². The number of hydrogen-bond donors (Lipinski definition) is 1. The minimum absolute atomic E-state index is 0.281. The topological polar surface area (TPSA) is 76.5 Å². The van der Waals surface area contributed by atoms with Crippen molar-refractivity contribution in [2.45, 2.75) is 31.8 Å². The predicted molar refractivity (Wildman–Crippen MR) is 81.2 cm³/mol. The summed E-state index contributed by atoms with van der Waals surface area (Å²) in [6, 6.07) is 6.96. The lowest BCUT2D eigenvalue weighted by atomic mass is 10.1. The van der Waals surface area contributed by atoms with Crippen LogP contribution in [0.3, 0.4) is 0 Å². The standard InChI is InChI=1S/C15H20N2O3S/c1-11-8-13(9-16)4-5-15(11)21(18,19)17(3)10-14-6-7-20-12(14)2/h4-8H,9-10,16H2,1-3H3. The summed E-state index contributed by atoms with van der Waals surface area (Å²) in [6.45, 7) is 4.27. The molecule has 2 N–H and O–H groups in total. The molecule has 6 heteroatoms. The maximum absolute atomic E-state index is 12.7. The van der Waals surface area contributed by atoms with Gasteiger partial charge in [-0.1, -0.05) is 12.1 Å². The van der Waals surface area contributed by atoms with Crippen molar-refractivity contribution >= 4 is 10.0 Å². The van der Waals surface area contributed by atoms with Crippen molar-refractivity contribution in [3.05, 3.63) is 53.0 Å². The summed E-state index contributed by atoms with van der Waals surface area (Å²) in [5.74, 6) is 0.729. The van der Waals surface area contributed by atoms with Gasteiger partial charge in [-0.3, -0.25) is 0 Å². The fourth-order valence-electron chi connectivity index (χ4n) is 2.20. The number of benzene rings is 1. The summed E-state index contributed by atoms with van der Waals surface area (Å²) in [6.07, 6.45) is 1.56. The third-order valence-corrected chi connectivity index (χ3v) is 5.49. The monoisotopic (exact) mass is 308 g/mol. The van der Waals surface area contributed by atoms with Crippen LogP contribution >= 0.6 is 0 Å². The van der Waals surface area contributed by atoms with E-state index in [0.29, 0.717) is 17.0 Å². The molecule has 0 bridgehead atoms. The third-order valence-electron chi connectivity index (χ3n) is 3.52. The molecule has 5 nitrogen and oxygen atoms in total. The smallest absolute Gasteiger partial charge is 0.243 e. The minimum Gasteiger partial charge on any atom is -0.469 e. The summed E-state index contributed by atoms with van der Waals surface area (Å²) in [7, 11) is -1.97. The van der Waals surface area contributed by atoms with E-state index in [0.717, 1.165) is 16.9 Å². The normalized spacial score (nSPS) is 12.0. The molecule has 0 aliphatic heterocycles. The molecule has 2 rings (SSSR count). The zero-order valence-corrected chi connectivity index (χ0v) is 13.3. The Bertz CT molecular complexity index is 735. The van der Waals surface area contributed by atoms with Crippen LogP contribution in [0.25, 0.3) is 0 Å². The van der Waals surface area contributed by atoms with Gasteiger partial charge >= 0.3 is 0 Å². The molecule has 0 saturated heterocycles. The van der Waals surface area contributed by atoms with E-state index in [1.165, 1.54) is 4.31 Å². The van der Waals surface area contributed by atoms with Gasteiger partial charge in [0.1, 0.15) is 5.76 Å². The van der Waals surface area contributed by atoms with Crippen LogP contribution in [-0.2, 0) is 23.1 Å². The molecule has 1 heterocycles. The summed E-state index contributed by atoms with van der Waals surface area (Å²) in [5.41, 5.74) is 8.05. The largest absolute Gasteiger partial charge is 0.469 e. The van der Waals surface area contributed by atoms with Gasteiger partial charge in [-0.15, -0.1) is 0 Å². The molecular weight excluding hydrogens is 288 g/mol.